The van der Waals surface area contributed by atoms with Crippen LogP contribution in [0.1, 0.15) is 19.4 Å². The maximum atomic E-state index is 12.3. The number of hydrogen-bond acceptors (Lipinski definition) is 3. The predicted octanol–water partition coefficient (Wildman–Crippen LogP) is 5.02. The summed E-state index contributed by atoms with van der Waals surface area (Å²) in [4.78, 5) is 12.2. The summed E-state index contributed by atoms with van der Waals surface area (Å²) >= 11 is 5.75. The van der Waals surface area contributed by atoms with Crippen LogP contribution in [-0.2, 0) is 6.54 Å². The summed E-state index contributed by atoms with van der Waals surface area (Å²) < 4.78 is 24.6. The number of benzene rings is 2. The first-order valence-corrected chi connectivity index (χ1v) is 9.87. The second kappa shape index (κ2) is 10.8. The van der Waals surface area contributed by atoms with Crippen molar-refractivity contribution < 1.29 is 13.6 Å². The van der Waals surface area contributed by atoms with Gasteiger partial charge in [0.25, 0.3) is 5.76 Å². The lowest BCUT2D eigenvalue weighted by molar-refractivity contribution is 0.249. The van der Waals surface area contributed by atoms with Gasteiger partial charge in [-0.1, -0.05) is 23.9 Å². The number of amides is 2. The van der Waals surface area contributed by atoms with Crippen LogP contribution in [0.3, 0.4) is 0 Å². The van der Waals surface area contributed by atoms with E-state index < -0.39 is 5.76 Å². The Labute approximate surface area is 172 Å². The van der Waals surface area contributed by atoms with Crippen LogP contribution in [0.2, 0.25) is 0 Å². The monoisotopic (exact) mass is 424 g/mol. The highest BCUT2D eigenvalue weighted by molar-refractivity contribution is 7.99. The Morgan fingerprint density at radius 1 is 1.00 bits per heavy atom. The molecular weight excluding hydrogens is 402 g/mol. The van der Waals surface area contributed by atoms with Gasteiger partial charge in [-0.3, -0.25) is 0 Å². The van der Waals surface area contributed by atoms with Gasteiger partial charge in [-0.05, 0) is 68.0 Å². The Bertz CT molecular complexity index is 784. The molecule has 2 aromatic carbocycles. The van der Waals surface area contributed by atoms with E-state index in [1.54, 1.807) is 24.3 Å². The fourth-order valence-electron chi connectivity index (χ4n) is 2.21. The SMILES string of the molecule is CC(C)NC(=O)Nc1ccc(CNC(=S)Nc2ccc(SC(F)F)cc2)cc1. The van der Waals surface area contributed by atoms with Crippen LogP contribution < -0.4 is 21.3 Å². The molecule has 0 bridgehead atoms. The molecule has 5 nitrogen and oxygen atoms in total. The van der Waals surface area contributed by atoms with E-state index in [-0.39, 0.29) is 12.1 Å². The fourth-order valence-corrected chi connectivity index (χ4v) is 2.90. The summed E-state index contributed by atoms with van der Waals surface area (Å²) in [6.45, 7) is 4.29. The molecule has 9 heteroatoms. The smallest absolute Gasteiger partial charge is 0.319 e. The van der Waals surface area contributed by atoms with E-state index in [2.05, 4.69) is 21.3 Å². The minimum absolute atomic E-state index is 0.0660. The largest absolute Gasteiger partial charge is 0.358 e. The molecule has 0 heterocycles. The molecule has 2 amide bonds. The normalized spacial score (nSPS) is 10.6. The molecule has 2 rings (SSSR count). The minimum Gasteiger partial charge on any atom is -0.358 e. The highest BCUT2D eigenvalue weighted by Gasteiger charge is 2.06. The van der Waals surface area contributed by atoms with Crippen molar-refractivity contribution in [2.45, 2.75) is 37.1 Å². The number of halogens is 2. The molecule has 0 fully saturated rings. The third-order valence-corrected chi connectivity index (χ3v) is 4.39. The van der Waals surface area contributed by atoms with Crippen molar-refractivity contribution >= 4 is 46.5 Å². The van der Waals surface area contributed by atoms with Gasteiger partial charge < -0.3 is 21.3 Å². The number of carbonyl (C=O) groups excluding carboxylic acids is 1. The van der Waals surface area contributed by atoms with Crippen LogP contribution in [0.5, 0.6) is 0 Å². The molecule has 28 heavy (non-hydrogen) atoms. The Morgan fingerprint density at radius 2 is 1.57 bits per heavy atom. The van der Waals surface area contributed by atoms with Crippen LogP contribution in [0, 0.1) is 0 Å². The molecule has 4 N–H and O–H groups in total. The van der Waals surface area contributed by atoms with Crippen molar-refractivity contribution in [2.75, 3.05) is 10.6 Å². The van der Waals surface area contributed by atoms with Crippen LogP contribution in [0.4, 0.5) is 25.0 Å². The van der Waals surface area contributed by atoms with Crippen LogP contribution in [0.15, 0.2) is 53.4 Å². The van der Waals surface area contributed by atoms with Gasteiger partial charge in [-0.25, -0.2) is 4.79 Å². The van der Waals surface area contributed by atoms with E-state index in [0.717, 1.165) is 5.56 Å². The van der Waals surface area contributed by atoms with Crippen LogP contribution in [0.25, 0.3) is 0 Å². The molecule has 0 aliphatic carbocycles. The summed E-state index contributed by atoms with van der Waals surface area (Å²) in [6, 6.07) is 13.8. The zero-order chi connectivity index (χ0) is 20.5. The summed E-state index contributed by atoms with van der Waals surface area (Å²) in [7, 11) is 0. The number of alkyl halides is 2. The van der Waals surface area contributed by atoms with Gasteiger partial charge in [0.05, 0.1) is 0 Å². The van der Waals surface area contributed by atoms with Gasteiger partial charge in [0.2, 0.25) is 0 Å². The molecule has 0 radical (unpaired) electrons. The second-order valence-electron chi connectivity index (χ2n) is 6.16. The van der Waals surface area contributed by atoms with E-state index in [1.165, 1.54) is 0 Å². The molecule has 0 unspecified atom stereocenters. The van der Waals surface area contributed by atoms with E-state index in [9.17, 15) is 13.6 Å². The highest BCUT2D eigenvalue weighted by atomic mass is 32.2. The average Bonchev–Trinajstić information content (AvgIpc) is 2.61. The second-order valence-corrected chi connectivity index (χ2v) is 7.63. The van der Waals surface area contributed by atoms with E-state index in [1.807, 2.05) is 38.1 Å². The standard InChI is InChI=1S/C19H22F2N4OS2/c1-12(2)23-18(26)24-14-5-3-13(4-6-14)11-22-19(27)25-15-7-9-16(10-8-15)28-17(20)21/h3-10,12,17H,11H2,1-2H3,(H2,22,25,27)(H2,23,24,26). The molecular formula is C19H22F2N4OS2. The first-order valence-electron chi connectivity index (χ1n) is 8.58. The third-order valence-electron chi connectivity index (χ3n) is 3.42. The minimum atomic E-state index is -2.44. The van der Waals surface area contributed by atoms with E-state index >= 15 is 0 Å². The molecule has 0 aromatic heterocycles. The first-order chi connectivity index (χ1) is 13.3. The number of urea groups is 1. The summed E-state index contributed by atoms with van der Waals surface area (Å²) in [5, 5.41) is 12.0. The van der Waals surface area contributed by atoms with Crippen LogP contribution in [-0.4, -0.2) is 22.9 Å². The Morgan fingerprint density at radius 3 is 2.14 bits per heavy atom. The highest BCUT2D eigenvalue weighted by Crippen LogP contribution is 2.26. The van der Waals surface area contributed by atoms with Gasteiger partial charge in [-0.15, -0.1) is 0 Å². The van der Waals surface area contributed by atoms with Gasteiger partial charge in [0.1, 0.15) is 0 Å². The first kappa shape index (κ1) is 21.9. The molecule has 2 aromatic rings. The zero-order valence-electron chi connectivity index (χ0n) is 15.5. The Kier molecular flexibility index (Phi) is 8.46. The van der Waals surface area contributed by atoms with Gasteiger partial charge in [-0.2, -0.15) is 8.78 Å². The quantitative estimate of drug-likeness (QED) is 0.371. The molecule has 0 aliphatic rings. The lowest BCUT2D eigenvalue weighted by atomic mass is 10.2. The molecule has 0 saturated heterocycles. The van der Waals surface area contributed by atoms with E-state index in [0.29, 0.717) is 39.7 Å². The molecule has 0 aliphatic heterocycles. The summed E-state index contributed by atoms with van der Waals surface area (Å²) in [5.41, 5.74) is 2.40. The van der Waals surface area contributed by atoms with Gasteiger partial charge >= 0.3 is 6.03 Å². The van der Waals surface area contributed by atoms with Crippen molar-refractivity contribution in [3.63, 3.8) is 0 Å². The van der Waals surface area contributed by atoms with Crippen molar-refractivity contribution in [2.24, 2.45) is 0 Å². The fraction of sp³-hybridized carbons (Fsp3) is 0.263. The maximum absolute atomic E-state index is 12.3. The molecule has 150 valence electrons. The number of hydrogen-bond donors (Lipinski definition) is 4. The lowest BCUT2D eigenvalue weighted by Crippen LogP contribution is -2.34. The Hall–Kier alpha value is -2.39. The predicted molar refractivity (Wildman–Crippen MR) is 115 cm³/mol. The summed E-state index contributed by atoms with van der Waals surface area (Å²) in [5.74, 6) is -2.44. The van der Waals surface area contributed by atoms with Crippen molar-refractivity contribution in [3.8, 4) is 0 Å². The number of thiocarbonyl (C=S) groups is 1. The average molecular weight is 425 g/mol. The number of carbonyl (C=O) groups is 1. The number of anilines is 2. The van der Waals surface area contributed by atoms with Gasteiger partial charge in [0.15, 0.2) is 5.11 Å². The molecule has 0 spiro atoms. The Balaban J connectivity index is 1.78. The lowest BCUT2D eigenvalue weighted by Gasteiger charge is -2.12. The number of thioether (sulfide) groups is 1. The summed E-state index contributed by atoms with van der Waals surface area (Å²) in [6.07, 6.45) is 0. The topological polar surface area (TPSA) is 65.2 Å². The van der Waals surface area contributed by atoms with Crippen molar-refractivity contribution in [1.82, 2.24) is 10.6 Å². The number of rotatable bonds is 7. The van der Waals surface area contributed by atoms with Gasteiger partial charge in [0, 0.05) is 28.9 Å². The third kappa shape index (κ3) is 8.10. The number of nitrogens with one attached hydrogen (secondary N) is 4. The van der Waals surface area contributed by atoms with Crippen LogP contribution >= 0.6 is 24.0 Å². The van der Waals surface area contributed by atoms with Crippen molar-refractivity contribution in [1.29, 1.82) is 0 Å². The molecule has 0 saturated carbocycles. The molecule has 0 atom stereocenters. The zero-order valence-corrected chi connectivity index (χ0v) is 17.1. The van der Waals surface area contributed by atoms with Crippen molar-refractivity contribution in [3.05, 3.63) is 54.1 Å². The maximum Gasteiger partial charge on any atom is 0.319 e. The van der Waals surface area contributed by atoms with E-state index in [4.69, 9.17) is 12.2 Å².